The largest absolute Gasteiger partial charge is 0.330 e. The van der Waals surface area contributed by atoms with Crippen LogP contribution in [0.3, 0.4) is 0 Å². The second-order valence-electron chi connectivity index (χ2n) is 5.50. The van der Waals surface area contributed by atoms with Crippen LogP contribution in [0.5, 0.6) is 0 Å². The van der Waals surface area contributed by atoms with Crippen LogP contribution in [0.4, 0.5) is 0 Å². The number of rotatable bonds is 3. The summed E-state index contributed by atoms with van der Waals surface area (Å²) in [5, 5.41) is 3.24. The van der Waals surface area contributed by atoms with Gasteiger partial charge in [-0.25, -0.2) is 4.98 Å². The topological polar surface area (TPSA) is 38.9 Å². The second-order valence-corrected chi connectivity index (χ2v) is 6.36. The maximum atomic E-state index is 5.80. The summed E-state index contributed by atoms with van der Waals surface area (Å²) >= 11 is 1.70. The highest BCUT2D eigenvalue weighted by atomic mass is 32.1. The average molecular weight is 260 g/mol. The Bertz CT molecular complexity index is 535. The normalized spacial score (nSPS) is 11.8. The number of hydrogen-bond acceptors (Lipinski definition) is 3. The first kappa shape index (κ1) is 13.2. The minimum absolute atomic E-state index is 0.0399. The van der Waals surface area contributed by atoms with Gasteiger partial charge in [-0.2, -0.15) is 0 Å². The molecule has 2 aromatic rings. The summed E-state index contributed by atoms with van der Waals surface area (Å²) < 4.78 is 0. The molecular weight excluding hydrogens is 240 g/mol. The summed E-state index contributed by atoms with van der Waals surface area (Å²) in [6.45, 7) is 9.13. The van der Waals surface area contributed by atoms with Gasteiger partial charge in [0.15, 0.2) is 0 Å². The maximum absolute atomic E-state index is 5.80. The van der Waals surface area contributed by atoms with E-state index in [1.807, 2.05) is 0 Å². The van der Waals surface area contributed by atoms with Crippen LogP contribution in [0, 0.1) is 13.8 Å². The van der Waals surface area contributed by atoms with Gasteiger partial charge in [0, 0.05) is 22.9 Å². The van der Waals surface area contributed by atoms with Crippen LogP contribution in [-0.2, 0) is 5.41 Å². The van der Waals surface area contributed by atoms with Crippen molar-refractivity contribution in [2.75, 3.05) is 6.54 Å². The molecule has 0 spiro atoms. The van der Waals surface area contributed by atoms with Crippen LogP contribution in [0.1, 0.15) is 30.0 Å². The van der Waals surface area contributed by atoms with Gasteiger partial charge in [-0.3, -0.25) is 0 Å². The Balaban J connectivity index is 2.41. The highest BCUT2D eigenvalue weighted by Crippen LogP contribution is 2.30. The first-order chi connectivity index (χ1) is 8.42. The van der Waals surface area contributed by atoms with Gasteiger partial charge in [-0.05, 0) is 26.0 Å². The van der Waals surface area contributed by atoms with Gasteiger partial charge in [-0.15, -0.1) is 11.3 Å². The number of aryl methyl sites for hydroxylation is 2. The highest BCUT2D eigenvalue weighted by Gasteiger charge is 2.22. The lowest BCUT2D eigenvalue weighted by Crippen LogP contribution is -2.27. The molecule has 0 saturated carbocycles. The van der Waals surface area contributed by atoms with E-state index in [0.29, 0.717) is 6.54 Å². The minimum atomic E-state index is -0.0399. The summed E-state index contributed by atoms with van der Waals surface area (Å²) in [6.07, 6.45) is 0. The number of aromatic nitrogens is 1. The van der Waals surface area contributed by atoms with Gasteiger partial charge in [0.05, 0.1) is 5.69 Å². The van der Waals surface area contributed by atoms with Crippen LogP contribution < -0.4 is 5.73 Å². The van der Waals surface area contributed by atoms with E-state index in [2.05, 4.69) is 51.3 Å². The molecule has 0 aliphatic heterocycles. The van der Waals surface area contributed by atoms with Crippen molar-refractivity contribution in [3.05, 3.63) is 39.7 Å². The van der Waals surface area contributed by atoms with E-state index < -0.39 is 0 Å². The Morgan fingerprint density at radius 1 is 1.17 bits per heavy atom. The number of nitrogens with zero attached hydrogens (tertiary/aromatic N) is 1. The molecule has 1 aromatic carbocycles. The molecule has 2 nitrogen and oxygen atoms in total. The van der Waals surface area contributed by atoms with E-state index in [0.717, 1.165) is 10.7 Å². The summed E-state index contributed by atoms with van der Waals surface area (Å²) in [5.74, 6) is 0. The Morgan fingerprint density at radius 3 is 2.33 bits per heavy atom. The van der Waals surface area contributed by atoms with E-state index in [9.17, 15) is 0 Å². The van der Waals surface area contributed by atoms with Crippen LogP contribution in [0.15, 0.2) is 23.6 Å². The van der Waals surface area contributed by atoms with Crippen molar-refractivity contribution in [3.8, 4) is 11.3 Å². The third kappa shape index (κ3) is 2.62. The summed E-state index contributed by atoms with van der Waals surface area (Å²) in [7, 11) is 0. The first-order valence-electron chi connectivity index (χ1n) is 6.17. The zero-order valence-electron chi connectivity index (χ0n) is 11.4. The molecule has 0 bridgehead atoms. The number of benzene rings is 1. The Kier molecular flexibility index (Phi) is 3.55. The van der Waals surface area contributed by atoms with E-state index >= 15 is 0 Å². The number of hydrogen-bond donors (Lipinski definition) is 1. The Morgan fingerprint density at radius 2 is 1.78 bits per heavy atom. The van der Waals surface area contributed by atoms with Gasteiger partial charge >= 0.3 is 0 Å². The SMILES string of the molecule is Cc1cc(C)cc(-c2csc(C(C)(C)CN)n2)c1. The average Bonchev–Trinajstić information content (AvgIpc) is 2.77. The smallest absolute Gasteiger partial charge is 0.100 e. The van der Waals surface area contributed by atoms with Crippen molar-refractivity contribution in [2.24, 2.45) is 5.73 Å². The van der Waals surface area contributed by atoms with Crippen molar-refractivity contribution in [1.29, 1.82) is 0 Å². The van der Waals surface area contributed by atoms with Crippen molar-refractivity contribution in [3.63, 3.8) is 0 Å². The molecular formula is C15H20N2S. The molecule has 0 atom stereocenters. The number of thiazole rings is 1. The van der Waals surface area contributed by atoms with Crippen molar-refractivity contribution < 1.29 is 0 Å². The van der Waals surface area contributed by atoms with E-state index in [1.165, 1.54) is 16.7 Å². The second kappa shape index (κ2) is 4.82. The molecule has 96 valence electrons. The first-order valence-corrected chi connectivity index (χ1v) is 7.05. The van der Waals surface area contributed by atoms with Gasteiger partial charge in [0.2, 0.25) is 0 Å². The molecule has 3 heteroatoms. The highest BCUT2D eigenvalue weighted by molar-refractivity contribution is 7.10. The molecule has 0 radical (unpaired) electrons. The van der Waals surface area contributed by atoms with Crippen molar-refractivity contribution in [2.45, 2.75) is 33.1 Å². The maximum Gasteiger partial charge on any atom is 0.100 e. The zero-order valence-corrected chi connectivity index (χ0v) is 12.3. The van der Waals surface area contributed by atoms with E-state index in [-0.39, 0.29) is 5.41 Å². The van der Waals surface area contributed by atoms with Crippen molar-refractivity contribution >= 4 is 11.3 Å². The molecule has 0 amide bonds. The third-order valence-electron chi connectivity index (χ3n) is 3.11. The summed E-state index contributed by atoms with van der Waals surface area (Å²) in [6, 6.07) is 6.54. The van der Waals surface area contributed by atoms with Gasteiger partial charge in [0.1, 0.15) is 5.01 Å². The van der Waals surface area contributed by atoms with E-state index in [1.54, 1.807) is 11.3 Å². The molecule has 0 aliphatic carbocycles. The van der Waals surface area contributed by atoms with Crippen LogP contribution in [-0.4, -0.2) is 11.5 Å². The van der Waals surface area contributed by atoms with Crippen molar-refractivity contribution in [1.82, 2.24) is 4.98 Å². The molecule has 18 heavy (non-hydrogen) atoms. The molecule has 2 N–H and O–H groups in total. The van der Waals surface area contributed by atoms with Gasteiger partial charge in [0.25, 0.3) is 0 Å². The lowest BCUT2D eigenvalue weighted by atomic mass is 9.95. The fraction of sp³-hybridized carbons (Fsp3) is 0.400. The molecule has 0 aliphatic rings. The molecule has 0 saturated heterocycles. The van der Waals surface area contributed by atoms with Gasteiger partial charge in [-0.1, -0.05) is 31.0 Å². The lowest BCUT2D eigenvalue weighted by molar-refractivity contribution is 0.536. The molecule has 1 aromatic heterocycles. The molecule has 2 rings (SSSR count). The van der Waals surface area contributed by atoms with Crippen LogP contribution in [0.25, 0.3) is 11.3 Å². The monoisotopic (exact) mass is 260 g/mol. The van der Waals surface area contributed by atoms with E-state index in [4.69, 9.17) is 10.7 Å². The fourth-order valence-electron chi connectivity index (χ4n) is 1.93. The lowest BCUT2D eigenvalue weighted by Gasteiger charge is -2.18. The molecule has 0 fully saturated rings. The molecule has 0 unspecified atom stereocenters. The third-order valence-corrected chi connectivity index (χ3v) is 4.32. The summed E-state index contributed by atoms with van der Waals surface area (Å²) in [5.41, 5.74) is 10.6. The molecule has 1 heterocycles. The fourth-order valence-corrected chi connectivity index (χ4v) is 2.89. The zero-order chi connectivity index (χ0) is 13.3. The quantitative estimate of drug-likeness (QED) is 0.914. The van der Waals surface area contributed by atoms with Gasteiger partial charge < -0.3 is 5.73 Å². The van der Waals surface area contributed by atoms with Crippen LogP contribution >= 0.6 is 11.3 Å². The standard InChI is InChI=1S/C15H20N2S/c1-10-5-11(2)7-12(6-10)13-8-18-14(17-13)15(3,4)9-16/h5-8H,9,16H2,1-4H3. The predicted octanol–water partition coefficient (Wildman–Crippen LogP) is 3.66. The number of nitrogens with two attached hydrogens (primary N) is 1. The predicted molar refractivity (Wildman–Crippen MR) is 79.1 cm³/mol. The minimum Gasteiger partial charge on any atom is -0.330 e. The Hall–Kier alpha value is -1.19. The summed E-state index contributed by atoms with van der Waals surface area (Å²) in [4.78, 5) is 4.74. The van der Waals surface area contributed by atoms with Crippen LogP contribution in [0.2, 0.25) is 0 Å². The Labute approximate surface area is 113 Å².